The van der Waals surface area contributed by atoms with Crippen LogP contribution in [0.25, 0.3) is 0 Å². The van der Waals surface area contributed by atoms with Gasteiger partial charge in [-0.25, -0.2) is 0 Å². The minimum Gasteiger partial charge on any atom is -0.457 e. The van der Waals surface area contributed by atoms with Crippen LogP contribution in [0.3, 0.4) is 0 Å². The van der Waals surface area contributed by atoms with E-state index >= 15 is 0 Å². The van der Waals surface area contributed by atoms with Crippen molar-refractivity contribution in [3.8, 4) is 11.5 Å². The molecule has 1 amide bonds. The van der Waals surface area contributed by atoms with E-state index in [1.807, 2.05) is 65.6 Å². The van der Waals surface area contributed by atoms with Gasteiger partial charge in [-0.05, 0) is 61.2 Å². The highest BCUT2D eigenvalue weighted by Gasteiger charge is 2.22. The molecule has 4 rings (SSSR count). The summed E-state index contributed by atoms with van der Waals surface area (Å²) in [4.78, 5) is 19.0. The molecule has 0 radical (unpaired) electrons. The highest BCUT2D eigenvalue weighted by molar-refractivity contribution is 5.95. The number of carbonyl (C=O) groups is 1. The molecular weight excluding hydrogens is 362 g/mol. The number of nitrogens with one attached hydrogen (secondary N) is 1. The molecule has 1 aromatic heterocycles. The molecule has 1 unspecified atom stereocenters. The van der Waals surface area contributed by atoms with Crippen LogP contribution in [0.4, 0.5) is 11.4 Å². The summed E-state index contributed by atoms with van der Waals surface area (Å²) < 4.78 is 5.82. The lowest BCUT2D eigenvalue weighted by Gasteiger charge is -2.31. The molecule has 1 saturated heterocycles. The second-order valence-electron chi connectivity index (χ2n) is 7.53. The van der Waals surface area contributed by atoms with Gasteiger partial charge in [0.05, 0.1) is 17.4 Å². The van der Waals surface area contributed by atoms with Crippen molar-refractivity contribution in [1.82, 2.24) is 9.88 Å². The number of hydrogen-bond donors (Lipinski definition) is 1. The lowest BCUT2D eigenvalue weighted by Crippen LogP contribution is -2.39. The van der Waals surface area contributed by atoms with E-state index in [2.05, 4.69) is 17.2 Å². The van der Waals surface area contributed by atoms with E-state index in [9.17, 15) is 4.79 Å². The van der Waals surface area contributed by atoms with Gasteiger partial charge in [0.1, 0.15) is 11.5 Å². The predicted octanol–water partition coefficient (Wildman–Crippen LogP) is 5.49. The fourth-order valence-corrected chi connectivity index (χ4v) is 3.58. The van der Waals surface area contributed by atoms with Crippen molar-refractivity contribution in [2.24, 2.45) is 5.92 Å². The molecule has 1 aliphatic rings. The molecule has 3 aromatic rings. The number of anilines is 2. The second-order valence-corrected chi connectivity index (χ2v) is 7.53. The van der Waals surface area contributed by atoms with Crippen LogP contribution in [-0.4, -0.2) is 28.9 Å². The van der Waals surface area contributed by atoms with E-state index < -0.39 is 0 Å². The number of likely N-dealkylation sites (tertiary alicyclic amines) is 1. The van der Waals surface area contributed by atoms with E-state index in [-0.39, 0.29) is 5.91 Å². The Balaban J connectivity index is 1.42. The standard InChI is InChI=1S/C24H25N3O2/c1-18-6-5-13-27(17-18)24(28)19-14-21(16-25-15-19)26-20-9-11-23(12-10-20)29-22-7-3-2-4-8-22/h2-4,7-12,14-16,18,26H,5-6,13,17H2,1H3. The molecule has 5 nitrogen and oxygen atoms in total. The van der Waals surface area contributed by atoms with E-state index in [0.29, 0.717) is 11.5 Å². The Bertz CT molecular complexity index is 957. The summed E-state index contributed by atoms with van der Waals surface area (Å²) in [5.41, 5.74) is 2.31. The largest absolute Gasteiger partial charge is 0.457 e. The van der Waals surface area contributed by atoms with E-state index in [0.717, 1.165) is 42.4 Å². The van der Waals surface area contributed by atoms with Crippen molar-refractivity contribution in [3.05, 3.63) is 78.6 Å². The number of carbonyl (C=O) groups excluding carboxylic acids is 1. The van der Waals surface area contributed by atoms with Gasteiger partial charge in [-0.3, -0.25) is 9.78 Å². The minimum atomic E-state index is 0.0549. The zero-order valence-corrected chi connectivity index (χ0v) is 16.5. The normalized spacial score (nSPS) is 16.3. The fraction of sp³-hybridized carbons (Fsp3) is 0.250. The van der Waals surface area contributed by atoms with Gasteiger partial charge in [-0.1, -0.05) is 25.1 Å². The molecule has 1 fully saturated rings. The monoisotopic (exact) mass is 387 g/mol. The van der Waals surface area contributed by atoms with Gasteiger partial charge < -0.3 is 15.0 Å². The molecular formula is C24H25N3O2. The average Bonchev–Trinajstić information content (AvgIpc) is 2.75. The number of aromatic nitrogens is 1. The Morgan fingerprint density at radius 3 is 2.55 bits per heavy atom. The lowest BCUT2D eigenvalue weighted by molar-refractivity contribution is 0.0682. The summed E-state index contributed by atoms with van der Waals surface area (Å²) >= 11 is 0. The number of hydrogen-bond acceptors (Lipinski definition) is 4. The number of benzene rings is 2. The van der Waals surface area contributed by atoms with Gasteiger partial charge in [0.2, 0.25) is 0 Å². The van der Waals surface area contributed by atoms with Gasteiger partial charge in [0.15, 0.2) is 0 Å². The Hall–Kier alpha value is -3.34. The Morgan fingerprint density at radius 2 is 1.79 bits per heavy atom. The van der Waals surface area contributed by atoms with Gasteiger partial charge in [0.25, 0.3) is 5.91 Å². The van der Waals surface area contributed by atoms with Crippen molar-refractivity contribution < 1.29 is 9.53 Å². The highest BCUT2D eigenvalue weighted by atomic mass is 16.5. The van der Waals surface area contributed by atoms with Gasteiger partial charge in [-0.2, -0.15) is 0 Å². The van der Waals surface area contributed by atoms with Gasteiger partial charge >= 0.3 is 0 Å². The molecule has 1 aliphatic heterocycles. The number of piperidine rings is 1. The topological polar surface area (TPSA) is 54.5 Å². The summed E-state index contributed by atoms with van der Waals surface area (Å²) in [5.74, 6) is 2.18. The van der Waals surface area contributed by atoms with Crippen molar-refractivity contribution in [3.63, 3.8) is 0 Å². The van der Waals surface area contributed by atoms with E-state index in [1.165, 1.54) is 6.42 Å². The number of pyridine rings is 1. The predicted molar refractivity (Wildman–Crippen MR) is 115 cm³/mol. The first-order chi connectivity index (χ1) is 14.2. The van der Waals surface area contributed by atoms with Crippen LogP contribution in [0.15, 0.2) is 73.1 Å². The first kappa shape index (κ1) is 19.0. The molecule has 5 heteroatoms. The van der Waals surface area contributed by atoms with Crippen molar-refractivity contribution >= 4 is 17.3 Å². The zero-order chi connectivity index (χ0) is 20.1. The van der Waals surface area contributed by atoms with Gasteiger partial charge in [0, 0.05) is 25.0 Å². The molecule has 0 saturated carbocycles. The third-order valence-electron chi connectivity index (χ3n) is 5.05. The Kier molecular flexibility index (Phi) is 5.75. The quantitative estimate of drug-likeness (QED) is 0.629. The maximum atomic E-state index is 12.8. The zero-order valence-electron chi connectivity index (χ0n) is 16.5. The number of nitrogens with zero attached hydrogens (tertiary/aromatic N) is 2. The number of amides is 1. The molecule has 148 valence electrons. The summed E-state index contributed by atoms with van der Waals surface area (Å²) in [7, 11) is 0. The van der Waals surface area contributed by atoms with E-state index in [4.69, 9.17) is 4.74 Å². The number of para-hydroxylation sites is 1. The van der Waals surface area contributed by atoms with Crippen LogP contribution < -0.4 is 10.1 Å². The Labute approximate surface area is 171 Å². The van der Waals surface area contributed by atoms with E-state index in [1.54, 1.807) is 12.4 Å². The smallest absolute Gasteiger partial charge is 0.255 e. The average molecular weight is 387 g/mol. The lowest BCUT2D eigenvalue weighted by atomic mass is 10.00. The third-order valence-corrected chi connectivity index (χ3v) is 5.05. The molecule has 0 aliphatic carbocycles. The second kappa shape index (κ2) is 8.78. The van der Waals surface area contributed by atoms with Crippen molar-refractivity contribution in [2.75, 3.05) is 18.4 Å². The highest BCUT2D eigenvalue weighted by Crippen LogP contribution is 2.25. The van der Waals surface area contributed by atoms with Crippen LogP contribution in [0.2, 0.25) is 0 Å². The van der Waals surface area contributed by atoms with Gasteiger partial charge in [-0.15, -0.1) is 0 Å². The maximum absolute atomic E-state index is 12.8. The summed E-state index contributed by atoms with van der Waals surface area (Å²) in [6, 6.07) is 19.3. The first-order valence-electron chi connectivity index (χ1n) is 10.0. The molecule has 0 spiro atoms. The van der Waals surface area contributed by atoms with Crippen LogP contribution >= 0.6 is 0 Å². The van der Waals surface area contributed by atoms with Crippen LogP contribution in [0.5, 0.6) is 11.5 Å². The number of rotatable bonds is 5. The molecule has 0 bridgehead atoms. The fourth-order valence-electron chi connectivity index (χ4n) is 3.58. The summed E-state index contributed by atoms with van der Waals surface area (Å²) in [6.07, 6.45) is 5.62. The van der Waals surface area contributed by atoms with Crippen LogP contribution in [0.1, 0.15) is 30.1 Å². The molecule has 29 heavy (non-hydrogen) atoms. The van der Waals surface area contributed by atoms with Crippen LogP contribution in [-0.2, 0) is 0 Å². The maximum Gasteiger partial charge on any atom is 0.255 e. The van der Waals surface area contributed by atoms with Crippen molar-refractivity contribution in [2.45, 2.75) is 19.8 Å². The summed E-state index contributed by atoms with van der Waals surface area (Å²) in [5, 5.41) is 3.31. The molecule has 1 N–H and O–H groups in total. The van der Waals surface area contributed by atoms with Crippen LogP contribution in [0, 0.1) is 5.92 Å². The van der Waals surface area contributed by atoms with Crippen molar-refractivity contribution in [1.29, 1.82) is 0 Å². The molecule has 1 atom stereocenters. The minimum absolute atomic E-state index is 0.0549. The summed E-state index contributed by atoms with van der Waals surface area (Å²) in [6.45, 7) is 3.84. The first-order valence-corrected chi connectivity index (χ1v) is 10.0. The Morgan fingerprint density at radius 1 is 1.03 bits per heavy atom. The number of ether oxygens (including phenoxy) is 1. The molecule has 2 heterocycles. The molecule has 2 aromatic carbocycles. The third kappa shape index (κ3) is 4.93. The SMILES string of the molecule is CC1CCCN(C(=O)c2cncc(Nc3ccc(Oc4ccccc4)cc3)c2)C1.